The van der Waals surface area contributed by atoms with Gasteiger partial charge in [0.15, 0.2) is 0 Å². The number of hydrogen-bond acceptors (Lipinski definition) is 1. The number of unbranched alkanes of at least 4 members (excludes halogenated alkanes) is 1. The van der Waals surface area contributed by atoms with Gasteiger partial charge in [0.25, 0.3) is 0 Å². The van der Waals surface area contributed by atoms with E-state index in [4.69, 9.17) is 0 Å². The fourth-order valence-electron chi connectivity index (χ4n) is 1.89. The molecule has 84 valence electrons. The van der Waals surface area contributed by atoms with Crippen LogP contribution in [0.5, 0.6) is 0 Å². The third kappa shape index (κ3) is 2.32. The molecule has 16 heavy (non-hydrogen) atoms. The third-order valence-corrected chi connectivity index (χ3v) is 2.83. The molecule has 2 rings (SSSR count). The molecule has 0 radical (unpaired) electrons. The van der Waals surface area contributed by atoms with Gasteiger partial charge in [-0.05, 0) is 24.5 Å². The van der Waals surface area contributed by atoms with Gasteiger partial charge in [-0.15, -0.1) is 0 Å². The summed E-state index contributed by atoms with van der Waals surface area (Å²) >= 11 is 0. The third-order valence-electron chi connectivity index (χ3n) is 2.83. The van der Waals surface area contributed by atoms with Crippen molar-refractivity contribution in [2.75, 3.05) is 0 Å². The normalized spacial score (nSPS) is 10.6. The van der Waals surface area contributed by atoms with Crippen molar-refractivity contribution in [1.29, 1.82) is 0 Å². The lowest BCUT2D eigenvalue weighted by Crippen LogP contribution is -1.92. The lowest BCUT2D eigenvalue weighted by atomic mass is 10.1. The number of nitrogens with zero attached hydrogens (tertiary/aromatic N) is 2. The summed E-state index contributed by atoms with van der Waals surface area (Å²) in [5, 5.41) is 0. The van der Waals surface area contributed by atoms with Gasteiger partial charge in [-0.3, -0.25) is 0 Å². The lowest BCUT2D eigenvalue weighted by Gasteiger charge is -2.05. The average Bonchev–Trinajstić information content (AvgIpc) is 2.73. The highest BCUT2D eigenvalue weighted by Gasteiger charge is 2.03. The largest absolute Gasteiger partial charge is 0.334 e. The Balaban J connectivity index is 2.26. The van der Waals surface area contributed by atoms with Crippen LogP contribution in [0.2, 0.25) is 0 Å². The lowest BCUT2D eigenvalue weighted by molar-refractivity contribution is 0.795. The summed E-state index contributed by atoms with van der Waals surface area (Å²) < 4.78 is 2.05. The summed E-state index contributed by atoms with van der Waals surface area (Å²) in [5.74, 6) is 1.04. The summed E-state index contributed by atoms with van der Waals surface area (Å²) in [4.78, 5) is 4.37. The van der Waals surface area contributed by atoms with Crippen LogP contribution in [-0.4, -0.2) is 9.55 Å². The summed E-state index contributed by atoms with van der Waals surface area (Å²) in [6.45, 7) is 2.22. The molecule has 2 aromatic rings. The van der Waals surface area contributed by atoms with Crippen molar-refractivity contribution in [1.82, 2.24) is 9.55 Å². The fourth-order valence-corrected chi connectivity index (χ4v) is 1.89. The first-order chi connectivity index (χ1) is 7.81. The van der Waals surface area contributed by atoms with E-state index in [1.807, 2.05) is 19.4 Å². The highest BCUT2D eigenvalue weighted by atomic mass is 15.0. The van der Waals surface area contributed by atoms with Crippen molar-refractivity contribution >= 4 is 0 Å². The predicted molar refractivity (Wildman–Crippen MR) is 67.3 cm³/mol. The molecule has 0 aliphatic heterocycles. The monoisotopic (exact) mass is 214 g/mol. The van der Waals surface area contributed by atoms with Gasteiger partial charge in [0.05, 0.1) is 0 Å². The first kappa shape index (κ1) is 10.9. The number of rotatable bonds is 4. The van der Waals surface area contributed by atoms with Crippen molar-refractivity contribution < 1.29 is 0 Å². The molecule has 0 bridgehead atoms. The second kappa shape index (κ2) is 4.97. The minimum Gasteiger partial charge on any atom is -0.334 e. The van der Waals surface area contributed by atoms with E-state index >= 15 is 0 Å². The second-order valence-electron chi connectivity index (χ2n) is 4.17. The zero-order chi connectivity index (χ0) is 11.4. The highest BCUT2D eigenvalue weighted by molar-refractivity contribution is 5.56. The van der Waals surface area contributed by atoms with Gasteiger partial charge >= 0.3 is 0 Å². The van der Waals surface area contributed by atoms with Crippen LogP contribution in [0.4, 0.5) is 0 Å². The molecule has 0 N–H and O–H groups in total. The quantitative estimate of drug-likeness (QED) is 0.762. The SMILES string of the molecule is CCCCc1cccc(-c2nccn2C)c1. The Morgan fingerprint density at radius 2 is 2.19 bits per heavy atom. The standard InChI is InChI=1S/C14H18N2/c1-3-4-6-12-7-5-8-13(11-12)14-15-9-10-16(14)2/h5,7-11H,3-4,6H2,1-2H3. The summed E-state index contributed by atoms with van der Waals surface area (Å²) in [6.07, 6.45) is 7.48. The minimum atomic E-state index is 1.04. The zero-order valence-electron chi connectivity index (χ0n) is 9.98. The van der Waals surface area contributed by atoms with Crippen molar-refractivity contribution in [2.24, 2.45) is 7.05 Å². The molecule has 1 heterocycles. The number of hydrogen-bond donors (Lipinski definition) is 0. The van der Waals surface area contributed by atoms with Crippen LogP contribution < -0.4 is 0 Å². The van der Waals surface area contributed by atoms with Gasteiger partial charge in [0.1, 0.15) is 5.82 Å². The van der Waals surface area contributed by atoms with Crippen LogP contribution >= 0.6 is 0 Å². The summed E-state index contributed by atoms with van der Waals surface area (Å²) in [5.41, 5.74) is 2.61. The Bertz CT molecular complexity index is 457. The first-order valence-corrected chi connectivity index (χ1v) is 5.88. The second-order valence-corrected chi connectivity index (χ2v) is 4.17. The molecular formula is C14H18N2. The van der Waals surface area contributed by atoms with E-state index in [9.17, 15) is 0 Å². The van der Waals surface area contributed by atoms with E-state index in [0.29, 0.717) is 0 Å². The first-order valence-electron chi connectivity index (χ1n) is 5.88. The predicted octanol–water partition coefficient (Wildman–Crippen LogP) is 3.43. The Kier molecular flexibility index (Phi) is 3.40. The molecule has 1 aromatic heterocycles. The molecule has 2 nitrogen and oxygen atoms in total. The van der Waals surface area contributed by atoms with Gasteiger partial charge in [-0.25, -0.2) is 4.98 Å². The Labute approximate surface area is 97.0 Å². The molecule has 0 amide bonds. The molecular weight excluding hydrogens is 196 g/mol. The van der Waals surface area contributed by atoms with E-state index in [0.717, 1.165) is 12.2 Å². The van der Waals surface area contributed by atoms with E-state index in [-0.39, 0.29) is 0 Å². The summed E-state index contributed by atoms with van der Waals surface area (Å²) in [6, 6.07) is 8.69. The Morgan fingerprint density at radius 3 is 2.88 bits per heavy atom. The highest BCUT2D eigenvalue weighted by Crippen LogP contribution is 2.18. The zero-order valence-corrected chi connectivity index (χ0v) is 9.98. The average molecular weight is 214 g/mol. The van der Waals surface area contributed by atoms with Crippen LogP contribution in [0.3, 0.4) is 0 Å². The molecule has 0 fully saturated rings. The molecule has 0 saturated heterocycles. The van der Waals surface area contributed by atoms with Crippen molar-refractivity contribution in [3.05, 3.63) is 42.2 Å². The van der Waals surface area contributed by atoms with E-state index in [1.54, 1.807) is 0 Å². The molecule has 0 aliphatic carbocycles. The van der Waals surface area contributed by atoms with Crippen LogP contribution in [0, 0.1) is 0 Å². The molecule has 2 heteroatoms. The number of aromatic nitrogens is 2. The number of aryl methyl sites for hydroxylation is 2. The summed E-state index contributed by atoms with van der Waals surface area (Å²) in [7, 11) is 2.03. The molecule has 0 saturated carbocycles. The minimum absolute atomic E-state index is 1.04. The number of benzene rings is 1. The van der Waals surface area contributed by atoms with E-state index in [1.165, 1.54) is 24.0 Å². The van der Waals surface area contributed by atoms with Gasteiger partial charge in [-0.2, -0.15) is 0 Å². The van der Waals surface area contributed by atoms with E-state index in [2.05, 4.69) is 40.7 Å². The van der Waals surface area contributed by atoms with Crippen LogP contribution in [0.15, 0.2) is 36.7 Å². The van der Waals surface area contributed by atoms with Crippen LogP contribution in [-0.2, 0) is 13.5 Å². The molecule has 0 unspecified atom stereocenters. The van der Waals surface area contributed by atoms with Crippen molar-refractivity contribution in [3.8, 4) is 11.4 Å². The van der Waals surface area contributed by atoms with Gasteiger partial charge in [-0.1, -0.05) is 31.5 Å². The maximum Gasteiger partial charge on any atom is 0.139 e. The maximum absolute atomic E-state index is 4.37. The Morgan fingerprint density at radius 1 is 1.31 bits per heavy atom. The van der Waals surface area contributed by atoms with Gasteiger partial charge in [0, 0.05) is 25.0 Å². The topological polar surface area (TPSA) is 17.8 Å². The van der Waals surface area contributed by atoms with Crippen LogP contribution in [0.1, 0.15) is 25.3 Å². The Hall–Kier alpha value is -1.57. The van der Waals surface area contributed by atoms with Crippen molar-refractivity contribution in [3.63, 3.8) is 0 Å². The molecule has 0 aliphatic rings. The molecule has 1 aromatic carbocycles. The smallest absolute Gasteiger partial charge is 0.139 e. The molecule has 0 spiro atoms. The van der Waals surface area contributed by atoms with Crippen LogP contribution in [0.25, 0.3) is 11.4 Å². The fraction of sp³-hybridized carbons (Fsp3) is 0.357. The van der Waals surface area contributed by atoms with Gasteiger partial charge < -0.3 is 4.57 Å². The van der Waals surface area contributed by atoms with Crippen molar-refractivity contribution in [2.45, 2.75) is 26.2 Å². The number of imidazole rings is 1. The van der Waals surface area contributed by atoms with Gasteiger partial charge in [0.2, 0.25) is 0 Å². The molecule has 0 atom stereocenters. The van der Waals surface area contributed by atoms with E-state index < -0.39 is 0 Å². The maximum atomic E-state index is 4.37.